The number of imidazole rings is 1. The number of benzene rings is 1. The molecule has 0 spiro atoms. The third-order valence-corrected chi connectivity index (χ3v) is 6.40. The van der Waals surface area contributed by atoms with Gasteiger partial charge < -0.3 is 19.7 Å². The lowest BCUT2D eigenvalue weighted by molar-refractivity contribution is -0.141. The molecule has 2 aliphatic rings. The number of nitrogens with zero attached hydrogens (tertiary/aromatic N) is 3. The Morgan fingerprint density at radius 2 is 2.03 bits per heavy atom. The summed E-state index contributed by atoms with van der Waals surface area (Å²) >= 11 is 0. The first-order chi connectivity index (χ1) is 16.2. The van der Waals surface area contributed by atoms with Crippen molar-refractivity contribution in [3.05, 3.63) is 47.8 Å². The maximum atomic E-state index is 12.9. The van der Waals surface area contributed by atoms with E-state index in [9.17, 15) is 18.0 Å². The van der Waals surface area contributed by atoms with Gasteiger partial charge in [-0.05, 0) is 30.2 Å². The Hall–Kier alpha value is -3.27. The van der Waals surface area contributed by atoms with Crippen LogP contribution in [0, 0.1) is 5.41 Å². The zero-order valence-electron chi connectivity index (χ0n) is 18.9. The van der Waals surface area contributed by atoms with Crippen LogP contribution in [0.25, 0.3) is 16.9 Å². The van der Waals surface area contributed by atoms with E-state index in [0.717, 1.165) is 35.0 Å². The lowest BCUT2D eigenvalue weighted by atomic mass is 9.85. The van der Waals surface area contributed by atoms with Crippen molar-refractivity contribution in [3.63, 3.8) is 0 Å². The van der Waals surface area contributed by atoms with Gasteiger partial charge in [0, 0.05) is 42.9 Å². The Morgan fingerprint density at radius 1 is 1.24 bits per heavy atom. The third-order valence-electron chi connectivity index (χ3n) is 6.40. The second-order valence-corrected chi connectivity index (χ2v) is 9.24. The number of alkyl halides is 3. The molecule has 0 saturated carbocycles. The molecule has 0 unspecified atom stereocenters. The molecule has 1 aromatic carbocycles. The van der Waals surface area contributed by atoms with E-state index >= 15 is 0 Å². The van der Waals surface area contributed by atoms with E-state index in [-0.39, 0.29) is 23.3 Å². The molecule has 0 atom stereocenters. The number of aromatic nitrogens is 2. The van der Waals surface area contributed by atoms with E-state index < -0.39 is 18.6 Å². The van der Waals surface area contributed by atoms with Crippen molar-refractivity contribution in [1.82, 2.24) is 19.6 Å². The second kappa shape index (κ2) is 8.19. The lowest BCUT2D eigenvalue weighted by Gasteiger charge is -2.38. The van der Waals surface area contributed by atoms with Gasteiger partial charge in [0.1, 0.15) is 23.7 Å². The second-order valence-electron chi connectivity index (χ2n) is 9.24. The van der Waals surface area contributed by atoms with Gasteiger partial charge in [0.25, 0.3) is 5.91 Å². The molecule has 34 heavy (non-hydrogen) atoms. The number of rotatable bonds is 6. The number of fused-ring (bicyclic) bond motifs is 2. The van der Waals surface area contributed by atoms with E-state index in [2.05, 4.69) is 17.2 Å². The highest BCUT2D eigenvalue weighted by Crippen LogP contribution is 2.35. The van der Waals surface area contributed by atoms with Crippen molar-refractivity contribution in [1.29, 1.82) is 0 Å². The van der Waals surface area contributed by atoms with Crippen LogP contribution >= 0.6 is 0 Å². The molecular weight excluding hydrogens is 449 g/mol. The molecule has 180 valence electrons. The monoisotopic (exact) mass is 474 g/mol. The summed E-state index contributed by atoms with van der Waals surface area (Å²) in [6.07, 6.45) is -0.551. The summed E-state index contributed by atoms with van der Waals surface area (Å²) in [4.78, 5) is 18.1. The van der Waals surface area contributed by atoms with Crippen LogP contribution in [0.15, 0.2) is 36.7 Å². The number of carbonyl (C=O) groups excluding carboxylic acids is 1. The number of nitrogens with one attached hydrogen (secondary N) is 1. The third kappa shape index (κ3) is 4.18. The van der Waals surface area contributed by atoms with Gasteiger partial charge in [-0.1, -0.05) is 6.92 Å². The van der Waals surface area contributed by atoms with E-state index in [0.29, 0.717) is 24.2 Å². The predicted molar refractivity (Wildman–Crippen MR) is 119 cm³/mol. The average Bonchev–Trinajstić information content (AvgIpc) is 3.20. The SMILES string of the molecule is COc1cc(-c2cnc3cc(OCC4(C)CNC4)ccn23)cc2c1C(=O)N(CC(F)(F)F)CC2. The minimum atomic E-state index is -4.45. The van der Waals surface area contributed by atoms with Gasteiger partial charge in [0.2, 0.25) is 0 Å². The summed E-state index contributed by atoms with van der Waals surface area (Å²) in [6.45, 7) is 3.37. The first-order valence-corrected chi connectivity index (χ1v) is 11.0. The zero-order chi connectivity index (χ0) is 24.1. The first kappa shape index (κ1) is 22.5. The van der Waals surface area contributed by atoms with Gasteiger partial charge in [-0.15, -0.1) is 0 Å². The minimum Gasteiger partial charge on any atom is -0.496 e. The summed E-state index contributed by atoms with van der Waals surface area (Å²) in [5.41, 5.74) is 3.23. The van der Waals surface area contributed by atoms with E-state index in [1.807, 2.05) is 28.8 Å². The predicted octanol–water partition coefficient (Wildman–Crippen LogP) is 3.56. The molecular formula is C24H25F3N4O3. The van der Waals surface area contributed by atoms with Gasteiger partial charge in [-0.3, -0.25) is 9.20 Å². The molecule has 1 amide bonds. The number of amides is 1. The first-order valence-electron chi connectivity index (χ1n) is 11.0. The van der Waals surface area contributed by atoms with Crippen molar-refractivity contribution in [2.24, 2.45) is 5.41 Å². The molecule has 5 rings (SSSR count). The number of halogens is 3. The Bertz CT molecular complexity index is 1230. The number of hydrogen-bond acceptors (Lipinski definition) is 5. The van der Waals surface area contributed by atoms with Crippen LogP contribution in [-0.4, -0.2) is 66.3 Å². The molecule has 10 heteroatoms. The van der Waals surface area contributed by atoms with E-state index in [4.69, 9.17) is 9.47 Å². The largest absolute Gasteiger partial charge is 0.496 e. The highest BCUT2D eigenvalue weighted by atomic mass is 19.4. The van der Waals surface area contributed by atoms with Crippen molar-refractivity contribution in [2.45, 2.75) is 19.5 Å². The molecule has 0 radical (unpaired) electrons. The normalized spacial score (nSPS) is 17.4. The van der Waals surface area contributed by atoms with Crippen LogP contribution in [0.1, 0.15) is 22.8 Å². The highest BCUT2D eigenvalue weighted by molar-refractivity contribution is 6.00. The van der Waals surface area contributed by atoms with Gasteiger partial charge in [0.15, 0.2) is 0 Å². The van der Waals surface area contributed by atoms with Crippen molar-refractivity contribution in [3.8, 4) is 22.8 Å². The highest BCUT2D eigenvalue weighted by Gasteiger charge is 2.37. The molecule has 4 heterocycles. The summed E-state index contributed by atoms with van der Waals surface area (Å²) in [5.74, 6) is 0.315. The fourth-order valence-electron chi connectivity index (χ4n) is 4.48. The van der Waals surface area contributed by atoms with Crippen LogP contribution in [0.3, 0.4) is 0 Å². The molecule has 0 aliphatic carbocycles. The molecule has 1 saturated heterocycles. The molecule has 3 aromatic rings. The lowest BCUT2D eigenvalue weighted by Crippen LogP contribution is -2.54. The topological polar surface area (TPSA) is 68.1 Å². The zero-order valence-corrected chi connectivity index (χ0v) is 18.9. The summed E-state index contributed by atoms with van der Waals surface area (Å²) < 4.78 is 51.9. The number of pyridine rings is 1. The van der Waals surface area contributed by atoms with Crippen LogP contribution < -0.4 is 14.8 Å². The van der Waals surface area contributed by atoms with Crippen molar-refractivity contribution < 1.29 is 27.4 Å². The molecule has 2 aromatic heterocycles. The molecule has 7 nitrogen and oxygen atoms in total. The Kier molecular flexibility index (Phi) is 5.43. The van der Waals surface area contributed by atoms with Gasteiger partial charge in [0.05, 0.1) is 31.2 Å². The van der Waals surface area contributed by atoms with E-state index in [1.165, 1.54) is 7.11 Å². The van der Waals surface area contributed by atoms with Gasteiger partial charge in [-0.2, -0.15) is 13.2 Å². The quantitative estimate of drug-likeness (QED) is 0.592. The minimum absolute atomic E-state index is 0.000240. The van der Waals surface area contributed by atoms with Crippen molar-refractivity contribution >= 4 is 11.6 Å². The maximum absolute atomic E-state index is 12.9. The Morgan fingerprint density at radius 3 is 2.71 bits per heavy atom. The van der Waals surface area contributed by atoms with Crippen LogP contribution in [-0.2, 0) is 6.42 Å². The van der Waals surface area contributed by atoms with Crippen LogP contribution in [0.4, 0.5) is 13.2 Å². The fraction of sp³-hybridized carbons (Fsp3) is 0.417. The summed E-state index contributed by atoms with van der Waals surface area (Å²) in [5, 5.41) is 3.25. The molecule has 2 aliphatic heterocycles. The molecule has 0 bridgehead atoms. The molecule has 1 fully saturated rings. The average molecular weight is 474 g/mol. The Balaban J connectivity index is 1.44. The van der Waals surface area contributed by atoms with Crippen LogP contribution in [0.5, 0.6) is 11.5 Å². The maximum Gasteiger partial charge on any atom is 0.406 e. The van der Waals surface area contributed by atoms with Crippen LogP contribution in [0.2, 0.25) is 0 Å². The number of hydrogen-bond donors (Lipinski definition) is 1. The van der Waals surface area contributed by atoms with Gasteiger partial charge in [-0.25, -0.2) is 4.98 Å². The van der Waals surface area contributed by atoms with Gasteiger partial charge >= 0.3 is 6.18 Å². The smallest absolute Gasteiger partial charge is 0.406 e. The summed E-state index contributed by atoms with van der Waals surface area (Å²) in [7, 11) is 1.41. The standard InChI is InChI=1S/C24H25F3N4O3/c1-23(11-28-12-23)14-34-17-4-6-31-18(10-29-20(31)9-17)16-7-15-3-5-30(13-24(25,26)27)22(32)21(15)19(8-16)33-2/h4,6-10,28H,3,5,11-14H2,1-2H3. The number of ether oxygens (including phenoxy) is 2. The Labute approximate surface area is 194 Å². The number of carbonyl (C=O) groups is 1. The fourth-order valence-corrected chi connectivity index (χ4v) is 4.48. The number of methoxy groups -OCH3 is 1. The molecule has 1 N–H and O–H groups in total. The van der Waals surface area contributed by atoms with Crippen molar-refractivity contribution in [2.75, 3.05) is 39.9 Å². The summed E-state index contributed by atoms with van der Waals surface area (Å²) in [6, 6.07) is 7.25. The van der Waals surface area contributed by atoms with E-state index in [1.54, 1.807) is 12.3 Å².